The molecule has 0 aromatic heterocycles. The predicted molar refractivity (Wildman–Crippen MR) is 146 cm³/mol. The van der Waals surface area contributed by atoms with Gasteiger partial charge in [0.2, 0.25) is 0 Å². The van der Waals surface area contributed by atoms with E-state index < -0.39 is 6.03 Å². The number of hydrogen-bond donors (Lipinski definition) is 3. The topological polar surface area (TPSA) is 76.7 Å². The van der Waals surface area contributed by atoms with E-state index in [1.165, 1.54) is 0 Å². The largest absolute Gasteiger partial charge is 0.371 e. The number of carbonyl (C=O) groups is 2. The third-order valence-electron chi connectivity index (χ3n) is 6.43. The molecule has 0 spiro atoms. The lowest BCUT2D eigenvalue weighted by Crippen LogP contribution is -2.37. The van der Waals surface area contributed by atoms with Crippen LogP contribution in [0.3, 0.4) is 0 Å². The van der Waals surface area contributed by atoms with Crippen LogP contribution in [-0.4, -0.2) is 56.1 Å². The normalized spacial score (nSPS) is 14.2. The number of benzene rings is 2. The lowest BCUT2D eigenvalue weighted by atomic mass is 9.98. The molecule has 1 aliphatic rings. The Labute approximate surface area is 218 Å². The van der Waals surface area contributed by atoms with Crippen LogP contribution in [0.4, 0.5) is 21.9 Å². The van der Waals surface area contributed by atoms with Crippen molar-refractivity contribution in [2.75, 3.05) is 54.8 Å². The molecule has 2 aromatic rings. The first-order valence-electron chi connectivity index (χ1n) is 12.2. The Kier molecular flexibility index (Phi) is 10.1. The predicted octanol–water partition coefficient (Wildman–Crippen LogP) is 5.95. The lowest BCUT2D eigenvalue weighted by Gasteiger charge is -2.33. The zero-order chi connectivity index (χ0) is 25.4. The summed E-state index contributed by atoms with van der Waals surface area (Å²) < 4.78 is 0. The second-order valence-electron chi connectivity index (χ2n) is 8.86. The van der Waals surface area contributed by atoms with Crippen LogP contribution in [0.5, 0.6) is 0 Å². The van der Waals surface area contributed by atoms with Gasteiger partial charge in [0.1, 0.15) is 0 Å². The molecule has 3 N–H and O–H groups in total. The lowest BCUT2D eigenvalue weighted by molar-refractivity contribution is 0.0949. The van der Waals surface area contributed by atoms with Crippen LogP contribution in [0.15, 0.2) is 36.4 Å². The number of urea groups is 1. The van der Waals surface area contributed by atoms with Crippen molar-refractivity contribution in [2.24, 2.45) is 5.92 Å². The van der Waals surface area contributed by atoms with Crippen LogP contribution in [-0.2, 0) is 0 Å². The van der Waals surface area contributed by atoms with Gasteiger partial charge in [-0.15, -0.1) is 0 Å². The molecule has 1 fully saturated rings. The summed E-state index contributed by atoms with van der Waals surface area (Å²) in [4.78, 5) is 30.4. The zero-order valence-corrected chi connectivity index (χ0v) is 22.2. The van der Waals surface area contributed by atoms with E-state index in [1.54, 1.807) is 24.3 Å². The number of amides is 3. The first-order chi connectivity index (χ1) is 16.8. The number of nitrogens with one attached hydrogen (secondary N) is 3. The number of nitrogens with zero attached hydrogens (tertiary/aromatic N) is 2. The molecule has 0 atom stereocenters. The van der Waals surface area contributed by atoms with Crippen molar-refractivity contribution in [3.63, 3.8) is 0 Å². The summed E-state index contributed by atoms with van der Waals surface area (Å²) in [6.45, 7) is 11.5. The van der Waals surface area contributed by atoms with Gasteiger partial charge in [-0.05, 0) is 62.2 Å². The fraction of sp³-hybridized carbons (Fsp3) is 0.462. The van der Waals surface area contributed by atoms with Crippen LogP contribution < -0.4 is 20.9 Å². The van der Waals surface area contributed by atoms with Crippen molar-refractivity contribution < 1.29 is 9.59 Å². The van der Waals surface area contributed by atoms with Crippen molar-refractivity contribution >= 4 is 52.2 Å². The third kappa shape index (κ3) is 7.50. The number of likely N-dealkylation sites (N-methyl/N-ethyl adjacent to an activating group) is 1. The average molecular weight is 521 g/mol. The van der Waals surface area contributed by atoms with Crippen LogP contribution >= 0.6 is 23.2 Å². The van der Waals surface area contributed by atoms with Gasteiger partial charge in [-0.1, -0.05) is 50.0 Å². The summed E-state index contributed by atoms with van der Waals surface area (Å²) in [5.41, 5.74) is 2.37. The number of rotatable bonds is 9. The molecular formula is C26H35Cl2N5O2. The zero-order valence-electron chi connectivity index (χ0n) is 20.7. The highest BCUT2D eigenvalue weighted by atomic mass is 35.5. The maximum absolute atomic E-state index is 13.2. The maximum Gasteiger partial charge on any atom is 0.323 e. The molecule has 0 bridgehead atoms. The Balaban J connectivity index is 1.76. The highest BCUT2D eigenvalue weighted by molar-refractivity contribution is 6.44. The monoisotopic (exact) mass is 519 g/mol. The average Bonchev–Trinajstić information content (AvgIpc) is 2.85. The molecule has 0 aliphatic carbocycles. The van der Waals surface area contributed by atoms with E-state index in [1.807, 2.05) is 12.1 Å². The number of piperidine rings is 1. The molecule has 7 nitrogen and oxygen atoms in total. The van der Waals surface area contributed by atoms with Gasteiger partial charge in [0.05, 0.1) is 21.3 Å². The van der Waals surface area contributed by atoms with E-state index in [9.17, 15) is 9.59 Å². The van der Waals surface area contributed by atoms with Crippen molar-refractivity contribution in [1.82, 2.24) is 10.2 Å². The molecule has 0 saturated carbocycles. The quantitative estimate of drug-likeness (QED) is 0.382. The van der Waals surface area contributed by atoms with Gasteiger partial charge < -0.3 is 25.8 Å². The first kappa shape index (κ1) is 27.1. The molecule has 3 rings (SSSR count). The minimum atomic E-state index is -0.471. The molecule has 0 unspecified atom stereocenters. The molecule has 35 heavy (non-hydrogen) atoms. The van der Waals surface area contributed by atoms with Gasteiger partial charge in [-0.25, -0.2) is 4.79 Å². The summed E-state index contributed by atoms with van der Waals surface area (Å²) in [7, 11) is 0. The van der Waals surface area contributed by atoms with Crippen molar-refractivity contribution in [1.29, 1.82) is 0 Å². The molecule has 0 radical (unpaired) electrons. The Morgan fingerprint density at radius 1 is 1.06 bits per heavy atom. The number of hydrogen-bond acceptors (Lipinski definition) is 4. The van der Waals surface area contributed by atoms with Gasteiger partial charge in [-0.3, -0.25) is 4.79 Å². The van der Waals surface area contributed by atoms with E-state index in [-0.39, 0.29) is 10.9 Å². The Morgan fingerprint density at radius 2 is 1.77 bits per heavy atom. The van der Waals surface area contributed by atoms with Gasteiger partial charge in [-0.2, -0.15) is 0 Å². The van der Waals surface area contributed by atoms with E-state index in [0.29, 0.717) is 34.4 Å². The summed E-state index contributed by atoms with van der Waals surface area (Å²) in [6.07, 6.45) is 2.18. The van der Waals surface area contributed by atoms with Crippen molar-refractivity contribution in [3.05, 3.63) is 52.0 Å². The second-order valence-corrected chi connectivity index (χ2v) is 9.65. The Hall–Kier alpha value is -2.48. The SMILES string of the molecule is CCN(CC)CCNC(=O)c1cc(NC(=O)Nc2cccc(Cl)c2Cl)ccc1N1CCC(C)CC1. The fourth-order valence-corrected chi connectivity index (χ4v) is 4.52. The van der Waals surface area contributed by atoms with Crippen LogP contribution in [0, 0.1) is 5.92 Å². The van der Waals surface area contributed by atoms with Crippen LogP contribution in [0.25, 0.3) is 0 Å². The molecule has 3 amide bonds. The minimum Gasteiger partial charge on any atom is -0.371 e. The summed E-state index contributed by atoms with van der Waals surface area (Å²) >= 11 is 12.2. The summed E-state index contributed by atoms with van der Waals surface area (Å²) in [5.74, 6) is 0.535. The van der Waals surface area contributed by atoms with E-state index in [2.05, 4.69) is 46.5 Å². The van der Waals surface area contributed by atoms with Crippen molar-refractivity contribution in [3.8, 4) is 0 Å². The highest BCUT2D eigenvalue weighted by Crippen LogP contribution is 2.31. The smallest absolute Gasteiger partial charge is 0.323 e. The summed E-state index contributed by atoms with van der Waals surface area (Å²) in [6, 6.07) is 10.0. The van der Waals surface area contributed by atoms with Gasteiger partial charge >= 0.3 is 6.03 Å². The fourth-order valence-electron chi connectivity index (χ4n) is 4.17. The third-order valence-corrected chi connectivity index (χ3v) is 7.25. The molecule has 9 heteroatoms. The maximum atomic E-state index is 13.2. The van der Waals surface area contributed by atoms with E-state index in [4.69, 9.17) is 23.2 Å². The molecule has 1 heterocycles. The van der Waals surface area contributed by atoms with Crippen LogP contribution in [0.1, 0.15) is 44.0 Å². The Bertz CT molecular complexity index is 1020. The van der Waals surface area contributed by atoms with Gasteiger partial charge in [0, 0.05) is 37.6 Å². The number of halogens is 2. The molecule has 2 aromatic carbocycles. The van der Waals surface area contributed by atoms with Crippen molar-refractivity contribution in [2.45, 2.75) is 33.6 Å². The van der Waals surface area contributed by atoms with Crippen LogP contribution in [0.2, 0.25) is 10.0 Å². The molecule has 1 saturated heterocycles. The van der Waals surface area contributed by atoms with E-state index in [0.717, 1.165) is 51.3 Å². The van der Waals surface area contributed by atoms with E-state index >= 15 is 0 Å². The standard InChI is InChI=1S/C26H35Cl2N5O2/c1-4-32(5-2)16-13-29-25(34)20-17-19(9-10-23(20)33-14-11-18(3)12-15-33)30-26(35)31-22-8-6-7-21(27)24(22)28/h6-10,17-18H,4-5,11-16H2,1-3H3,(H,29,34)(H2,30,31,35). The molecule has 1 aliphatic heterocycles. The molecular weight excluding hydrogens is 485 g/mol. The minimum absolute atomic E-state index is 0.146. The highest BCUT2D eigenvalue weighted by Gasteiger charge is 2.22. The Morgan fingerprint density at radius 3 is 2.46 bits per heavy atom. The summed E-state index contributed by atoms with van der Waals surface area (Å²) in [5, 5.41) is 9.19. The second kappa shape index (κ2) is 13.0. The molecule has 190 valence electrons. The van der Waals surface area contributed by atoms with Gasteiger partial charge in [0.25, 0.3) is 5.91 Å². The van der Waals surface area contributed by atoms with Gasteiger partial charge in [0.15, 0.2) is 0 Å². The number of carbonyl (C=O) groups excluding carboxylic acids is 2. The first-order valence-corrected chi connectivity index (χ1v) is 13.0. The number of anilines is 3.